The Hall–Kier alpha value is -1.69. The fourth-order valence-electron chi connectivity index (χ4n) is 1.93. The van der Waals surface area contributed by atoms with Crippen LogP contribution in [-0.4, -0.2) is 46.1 Å². The van der Waals surface area contributed by atoms with Gasteiger partial charge in [0.2, 0.25) is 0 Å². The number of benzene rings is 1. The van der Waals surface area contributed by atoms with E-state index in [1.807, 2.05) is 30.3 Å². The van der Waals surface area contributed by atoms with Crippen molar-refractivity contribution in [2.24, 2.45) is 0 Å². The standard InChI is InChI=1S/C13H16N2O3S/c16-12(17)11-9-19-7-6-15(11)13(18)14-8-10-4-2-1-3-5-10/h1-5,11H,6-9H2,(H,14,18)(H,16,17). The lowest BCUT2D eigenvalue weighted by Crippen LogP contribution is -2.53. The molecule has 0 radical (unpaired) electrons. The molecule has 2 amide bonds. The number of hydrogen-bond donors (Lipinski definition) is 2. The minimum atomic E-state index is -0.943. The molecule has 1 heterocycles. The summed E-state index contributed by atoms with van der Waals surface area (Å²) >= 11 is 1.56. The molecule has 1 saturated heterocycles. The quantitative estimate of drug-likeness (QED) is 0.878. The summed E-state index contributed by atoms with van der Waals surface area (Å²) in [6, 6.07) is 8.51. The zero-order valence-electron chi connectivity index (χ0n) is 10.4. The summed E-state index contributed by atoms with van der Waals surface area (Å²) < 4.78 is 0. The molecular weight excluding hydrogens is 264 g/mol. The summed E-state index contributed by atoms with van der Waals surface area (Å²) in [4.78, 5) is 24.5. The van der Waals surface area contributed by atoms with Gasteiger partial charge in [0.15, 0.2) is 0 Å². The molecule has 0 bridgehead atoms. The predicted molar refractivity (Wildman–Crippen MR) is 74.1 cm³/mol. The highest BCUT2D eigenvalue weighted by atomic mass is 32.2. The zero-order valence-corrected chi connectivity index (χ0v) is 11.2. The van der Waals surface area contributed by atoms with E-state index in [0.29, 0.717) is 18.8 Å². The molecule has 1 aliphatic rings. The molecule has 0 saturated carbocycles. The van der Waals surface area contributed by atoms with E-state index < -0.39 is 12.0 Å². The van der Waals surface area contributed by atoms with Crippen LogP contribution in [0.3, 0.4) is 0 Å². The Balaban J connectivity index is 1.93. The fourth-order valence-corrected chi connectivity index (χ4v) is 2.96. The maximum Gasteiger partial charge on any atom is 0.327 e. The first-order chi connectivity index (χ1) is 9.18. The van der Waals surface area contributed by atoms with Crippen molar-refractivity contribution < 1.29 is 14.7 Å². The molecule has 0 spiro atoms. The third-order valence-electron chi connectivity index (χ3n) is 2.96. The molecule has 1 aromatic carbocycles. The lowest BCUT2D eigenvalue weighted by molar-refractivity contribution is -0.141. The van der Waals surface area contributed by atoms with E-state index in [-0.39, 0.29) is 6.03 Å². The molecule has 6 heteroatoms. The number of hydrogen-bond acceptors (Lipinski definition) is 3. The first-order valence-corrected chi connectivity index (χ1v) is 7.23. The lowest BCUT2D eigenvalue weighted by atomic mass is 10.2. The van der Waals surface area contributed by atoms with Gasteiger partial charge in [-0.05, 0) is 5.56 Å². The molecule has 2 rings (SSSR count). The van der Waals surface area contributed by atoms with Crippen LogP contribution in [0.1, 0.15) is 5.56 Å². The highest BCUT2D eigenvalue weighted by Crippen LogP contribution is 2.16. The van der Waals surface area contributed by atoms with Gasteiger partial charge in [-0.15, -0.1) is 0 Å². The average Bonchev–Trinajstić information content (AvgIpc) is 2.46. The third-order valence-corrected chi connectivity index (χ3v) is 3.98. The predicted octanol–water partition coefficient (Wildman–Crippen LogP) is 1.40. The molecule has 2 N–H and O–H groups in total. The Morgan fingerprint density at radius 3 is 2.79 bits per heavy atom. The SMILES string of the molecule is O=C(O)C1CSCCN1C(=O)NCc1ccccc1. The first-order valence-electron chi connectivity index (χ1n) is 6.07. The van der Waals surface area contributed by atoms with E-state index in [9.17, 15) is 9.59 Å². The molecule has 102 valence electrons. The van der Waals surface area contributed by atoms with Crippen molar-refractivity contribution in [2.75, 3.05) is 18.1 Å². The van der Waals surface area contributed by atoms with E-state index >= 15 is 0 Å². The summed E-state index contributed by atoms with van der Waals surface area (Å²) in [5.41, 5.74) is 0.995. The van der Waals surface area contributed by atoms with Crippen LogP contribution in [-0.2, 0) is 11.3 Å². The van der Waals surface area contributed by atoms with Crippen LogP contribution in [0.15, 0.2) is 30.3 Å². The number of carboxylic acid groups (broad SMARTS) is 1. The summed E-state index contributed by atoms with van der Waals surface area (Å²) in [6.07, 6.45) is 0. The number of carbonyl (C=O) groups excluding carboxylic acids is 1. The van der Waals surface area contributed by atoms with Gasteiger partial charge in [0.1, 0.15) is 6.04 Å². The lowest BCUT2D eigenvalue weighted by Gasteiger charge is -2.32. The number of aliphatic carboxylic acids is 1. The van der Waals surface area contributed by atoms with Gasteiger partial charge in [-0.2, -0.15) is 11.8 Å². The van der Waals surface area contributed by atoms with Gasteiger partial charge >= 0.3 is 12.0 Å². The molecule has 0 aromatic heterocycles. The smallest absolute Gasteiger partial charge is 0.327 e. The number of nitrogens with one attached hydrogen (secondary N) is 1. The Labute approximate surface area is 116 Å². The van der Waals surface area contributed by atoms with Gasteiger partial charge in [-0.3, -0.25) is 0 Å². The van der Waals surface area contributed by atoms with Crippen LogP contribution < -0.4 is 5.32 Å². The maximum absolute atomic E-state index is 12.0. The van der Waals surface area contributed by atoms with Crippen molar-refractivity contribution in [1.29, 1.82) is 0 Å². The summed E-state index contributed by atoms with van der Waals surface area (Å²) in [5, 5.41) is 11.9. The second-order valence-electron chi connectivity index (χ2n) is 4.27. The van der Waals surface area contributed by atoms with Crippen molar-refractivity contribution in [3.05, 3.63) is 35.9 Å². The van der Waals surface area contributed by atoms with Crippen LogP contribution in [0, 0.1) is 0 Å². The molecule has 1 aliphatic heterocycles. The van der Waals surface area contributed by atoms with Gasteiger partial charge in [0, 0.05) is 24.6 Å². The van der Waals surface area contributed by atoms with Crippen LogP contribution in [0.2, 0.25) is 0 Å². The number of carboxylic acids is 1. The first kappa shape index (κ1) is 13.7. The van der Waals surface area contributed by atoms with Crippen molar-refractivity contribution in [3.8, 4) is 0 Å². The number of carbonyl (C=O) groups is 2. The second-order valence-corrected chi connectivity index (χ2v) is 5.42. The minimum Gasteiger partial charge on any atom is -0.480 e. The number of thioether (sulfide) groups is 1. The summed E-state index contributed by atoms with van der Waals surface area (Å²) in [7, 11) is 0. The number of nitrogens with zero attached hydrogens (tertiary/aromatic N) is 1. The Morgan fingerprint density at radius 2 is 2.11 bits per heavy atom. The van der Waals surface area contributed by atoms with E-state index in [2.05, 4.69) is 5.32 Å². The van der Waals surface area contributed by atoms with E-state index in [1.165, 1.54) is 4.90 Å². The van der Waals surface area contributed by atoms with Gasteiger partial charge in [0.05, 0.1) is 0 Å². The second kappa shape index (κ2) is 6.47. The largest absolute Gasteiger partial charge is 0.480 e. The summed E-state index contributed by atoms with van der Waals surface area (Å²) in [6.45, 7) is 0.887. The normalized spacial score (nSPS) is 18.9. The fraction of sp³-hybridized carbons (Fsp3) is 0.385. The van der Waals surface area contributed by atoms with E-state index in [1.54, 1.807) is 11.8 Å². The molecule has 0 aliphatic carbocycles. The van der Waals surface area contributed by atoms with Crippen molar-refractivity contribution in [3.63, 3.8) is 0 Å². The average molecular weight is 280 g/mol. The molecule has 5 nitrogen and oxygen atoms in total. The zero-order chi connectivity index (χ0) is 13.7. The molecule has 19 heavy (non-hydrogen) atoms. The van der Waals surface area contributed by atoms with Gasteiger partial charge in [-0.25, -0.2) is 9.59 Å². The molecular formula is C13H16N2O3S. The Morgan fingerprint density at radius 1 is 1.37 bits per heavy atom. The summed E-state index contributed by atoms with van der Waals surface area (Å²) in [5.74, 6) is 0.290. The topological polar surface area (TPSA) is 69.6 Å². The number of rotatable bonds is 3. The van der Waals surface area contributed by atoms with Gasteiger partial charge < -0.3 is 15.3 Å². The maximum atomic E-state index is 12.0. The van der Waals surface area contributed by atoms with Crippen LogP contribution >= 0.6 is 11.8 Å². The number of urea groups is 1. The van der Waals surface area contributed by atoms with E-state index in [0.717, 1.165) is 11.3 Å². The highest BCUT2D eigenvalue weighted by molar-refractivity contribution is 7.99. The molecule has 1 aromatic rings. The molecule has 1 fully saturated rings. The van der Waals surface area contributed by atoms with Gasteiger partial charge in [0.25, 0.3) is 0 Å². The molecule has 1 atom stereocenters. The van der Waals surface area contributed by atoms with E-state index in [4.69, 9.17) is 5.11 Å². The van der Waals surface area contributed by atoms with Crippen LogP contribution in [0.25, 0.3) is 0 Å². The number of amides is 2. The van der Waals surface area contributed by atoms with Crippen LogP contribution in [0.4, 0.5) is 4.79 Å². The molecule has 1 unspecified atom stereocenters. The highest BCUT2D eigenvalue weighted by Gasteiger charge is 2.32. The van der Waals surface area contributed by atoms with Gasteiger partial charge in [-0.1, -0.05) is 30.3 Å². The van der Waals surface area contributed by atoms with Crippen molar-refractivity contribution in [1.82, 2.24) is 10.2 Å². The Bertz CT molecular complexity index is 452. The monoisotopic (exact) mass is 280 g/mol. The van der Waals surface area contributed by atoms with Crippen LogP contribution in [0.5, 0.6) is 0 Å². The minimum absolute atomic E-state index is 0.309. The third kappa shape index (κ3) is 3.64. The van der Waals surface area contributed by atoms with Crippen molar-refractivity contribution >= 4 is 23.8 Å². The van der Waals surface area contributed by atoms with Crippen molar-refractivity contribution in [2.45, 2.75) is 12.6 Å². The Kier molecular flexibility index (Phi) is 4.68.